The van der Waals surface area contributed by atoms with E-state index in [9.17, 15) is 9.18 Å². The van der Waals surface area contributed by atoms with Gasteiger partial charge in [-0.2, -0.15) is 0 Å². The van der Waals surface area contributed by atoms with E-state index in [1.165, 1.54) is 36.3 Å². The normalized spacial score (nSPS) is 19.7. The lowest BCUT2D eigenvalue weighted by Gasteiger charge is -2.31. The van der Waals surface area contributed by atoms with E-state index in [4.69, 9.17) is 0 Å². The molecule has 2 aromatic rings. The number of amides is 1. The first kappa shape index (κ1) is 14.8. The SMILES string of the molecule is O=C(NC1(c2ccc(F)cc2)CCCC1)c1cnc(C2CC2)s1. The second-order valence-electron chi connectivity index (χ2n) is 6.59. The first-order valence-corrected chi connectivity index (χ1v) is 9.02. The van der Waals surface area contributed by atoms with Gasteiger partial charge in [0, 0.05) is 5.92 Å². The summed E-state index contributed by atoms with van der Waals surface area (Å²) >= 11 is 1.51. The van der Waals surface area contributed by atoms with E-state index < -0.39 is 0 Å². The van der Waals surface area contributed by atoms with Crippen LogP contribution in [-0.2, 0) is 5.54 Å². The Hall–Kier alpha value is -1.75. The molecule has 4 rings (SSSR count). The van der Waals surface area contributed by atoms with Crippen molar-refractivity contribution < 1.29 is 9.18 Å². The number of rotatable bonds is 4. The molecule has 2 saturated carbocycles. The molecular weight excluding hydrogens is 311 g/mol. The van der Waals surface area contributed by atoms with Crippen LogP contribution in [0.2, 0.25) is 0 Å². The van der Waals surface area contributed by atoms with E-state index in [2.05, 4.69) is 10.3 Å². The molecule has 5 heteroatoms. The summed E-state index contributed by atoms with van der Waals surface area (Å²) < 4.78 is 13.2. The van der Waals surface area contributed by atoms with Crippen LogP contribution in [0, 0.1) is 5.82 Å². The molecule has 0 spiro atoms. The van der Waals surface area contributed by atoms with Crippen molar-refractivity contribution in [1.82, 2.24) is 10.3 Å². The second kappa shape index (κ2) is 5.71. The maximum Gasteiger partial charge on any atom is 0.263 e. The van der Waals surface area contributed by atoms with Gasteiger partial charge in [-0.15, -0.1) is 11.3 Å². The van der Waals surface area contributed by atoms with E-state index >= 15 is 0 Å². The Morgan fingerprint density at radius 2 is 1.91 bits per heavy atom. The van der Waals surface area contributed by atoms with E-state index in [1.54, 1.807) is 18.3 Å². The zero-order valence-electron chi connectivity index (χ0n) is 12.8. The molecule has 1 amide bonds. The first-order chi connectivity index (χ1) is 11.2. The lowest BCUT2D eigenvalue weighted by molar-refractivity contribution is 0.0902. The Labute approximate surface area is 138 Å². The predicted octanol–water partition coefficient (Wildman–Crippen LogP) is 4.36. The van der Waals surface area contributed by atoms with Crippen molar-refractivity contribution in [2.75, 3.05) is 0 Å². The van der Waals surface area contributed by atoms with Crippen LogP contribution in [0.1, 0.15) is 64.7 Å². The lowest BCUT2D eigenvalue weighted by atomic mass is 9.88. The monoisotopic (exact) mass is 330 g/mol. The second-order valence-corrected chi connectivity index (χ2v) is 7.65. The van der Waals surface area contributed by atoms with Crippen LogP contribution in [0.15, 0.2) is 30.5 Å². The molecule has 0 saturated heterocycles. The molecule has 0 aliphatic heterocycles. The summed E-state index contributed by atoms with van der Waals surface area (Å²) in [6.07, 6.45) is 8.03. The fraction of sp³-hybridized carbons (Fsp3) is 0.444. The Balaban J connectivity index is 1.57. The summed E-state index contributed by atoms with van der Waals surface area (Å²) in [6.45, 7) is 0. The molecule has 0 unspecified atom stereocenters. The van der Waals surface area contributed by atoms with Crippen LogP contribution < -0.4 is 5.32 Å². The van der Waals surface area contributed by atoms with Gasteiger partial charge < -0.3 is 5.32 Å². The summed E-state index contributed by atoms with van der Waals surface area (Å²) in [5.41, 5.74) is 0.630. The van der Waals surface area contributed by atoms with Crippen LogP contribution >= 0.6 is 11.3 Å². The van der Waals surface area contributed by atoms with Crippen molar-refractivity contribution in [3.8, 4) is 0 Å². The molecule has 23 heavy (non-hydrogen) atoms. The van der Waals surface area contributed by atoms with Gasteiger partial charge in [-0.1, -0.05) is 25.0 Å². The Morgan fingerprint density at radius 3 is 2.57 bits per heavy atom. The van der Waals surface area contributed by atoms with Gasteiger partial charge in [0.15, 0.2) is 0 Å². The molecule has 0 atom stereocenters. The first-order valence-electron chi connectivity index (χ1n) is 8.21. The standard InChI is InChI=1S/C18H19FN2OS/c19-14-7-5-13(6-8-14)18(9-1-2-10-18)21-16(22)15-11-20-17(23-15)12-3-4-12/h5-8,11-12H,1-4,9-10H2,(H,21,22). The highest BCUT2D eigenvalue weighted by molar-refractivity contribution is 7.13. The lowest BCUT2D eigenvalue weighted by Crippen LogP contribution is -2.43. The van der Waals surface area contributed by atoms with Crippen molar-refractivity contribution in [1.29, 1.82) is 0 Å². The van der Waals surface area contributed by atoms with Crippen molar-refractivity contribution in [2.24, 2.45) is 0 Å². The summed E-state index contributed by atoms with van der Waals surface area (Å²) in [5.74, 6) is 0.268. The predicted molar refractivity (Wildman–Crippen MR) is 88.1 cm³/mol. The molecule has 1 heterocycles. The van der Waals surface area contributed by atoms with Crippen molar-refractivity contribution in [3.05, 3.63) is 51.7 Å². The van der Waals surface area contributed by atoms with Crippen LogP contribution in [0.25, 0.3) is 0 Å². The third kappa shape index (κ3) is 2.90. The zero-order valence-corrected chi connectivity index (χ0v) is 13.7. The maximum atomic E-state index is 13.2. The molecule has 1 N–H and O–H groups in total. The molecule has 3 nitrogen and oxygen atoms in total. The highest BCUT2D eigenvalue weighted by Gasteiger charge is 2.38. The van der Waals surface area contributed by atoms with Gasteiger partial charge in [0.25, 0.3) is 5.91 Å². The van der Waals surface area contributed by atoms with Crippen molar-refractivity contribution in [2.45, 2.75) is 50.0 Å². The number of nitrogens with zero attached hydrogens (tertiary/aromatic N) is 1. The Morgan fingerprint density at radius 1 is 1.22 bits per heavy atom. The van der Waals surface area contributed by atoms with Crippen molar-refractivity contribution in [3.63, 3.8) is 0 Å². The number of carbonyl (C=O) groups is 1. The number of thiazole rings is 1. The van der Waals surface area contributed by atoms with Gasteiger partial charge in [-0.25, -0.2) is 9.37 Å². The number of carbonyl (C=O) groups excluding carboxylic acids is 1. The van der Waals surface area contributed by atoms with Crippen molar-refractivity contribution >= 4 is 17.2 Å². The third-order valence-electron chi connectivity index (χ3n) is 4.88. The topological polar surface area (TPSA) is 42.0 Å². The Bertz CT molecular complexity index is 715. The van der Waals surface area contributed by atoms with Crippen LogP contribution in [0.5, 0.6) is 0 Å². The van der Waals surface area contributed by atoms with E-state index in [1.807, 2.05) is 0 Å². The molecule has 2 fully saturated rings. The molecule has 2 aliphatic rings. The summed E-state index contributed by atoms with van der Waals surface area (Å²) in [5, 5.41) is 4.31. The average Bonchev–Trinajstić information content (AvgIpc) is 3.09. The molecule has 120 valence electrons. The molecule has 2 aliphatic carbocycles. The number of halogens is 1. The minimum atomic E-state index is -0.367. The third-order valence-corrected chi connectivity index (χ3v) is 6.04. The minimum Gasteiger partial charge on any atom is -0.342 e. The minimum absolute atomic E-state index is 0.0550. The maximum absolute atomic E-state index is 13.2. The van der Waals surface area contributed by atoms with Crippen LogP contribution in [0.3, 0.4) is 0 Å². The van der Waals surface area contributed by atoms with Crippen LogP contribution in [-0.4, -0.2) is 10.9 Å². The quantitative estimate of drug-likeness (QED) is 0.905. The molecular formula is C18H19FN2OS. The van der Waals surface area contributed by atoms with E-state index in [0.29, 0.717) is 10.8 Å². The summed E-state index contributed by atoms with van der Waals surface area (Å²) in [4.78, 5) is 17.8. The molecule has 1 aromatic heterocycles. The zero-order chi connectivity index (χ0) is 15.9. The number of aromatic nitrogens is 1. The largest absolute Gasteiger partial charge is 0.342 e. The fourth-order valence-electron chi connectivity index (χ4n) is 3.42. The van der Waals surface area contributed by atoms with Gasteiger partial charge in [-0.3, -0.25) is 4.79 Å². The summed E-state index contributed by atoms with van der Waals surface area (Å²) in [6, 6.07) is 6.53. The van der Waals surface area contributed by atoms with E-state index in [-0.39, 0.29) is 17.3 Å². The van der Waals surface area contributed by atoms with Gasteiger partial charge >= 0.3 is 0 Å². The number of nitrogens with one attached hydrogen (secondary N) is 1. The van der Waals surface area contributed by atoms with Gasteiger partial charge in [0.05, 0.1) is 16.7 Å². The Kier molecular flexibility index (Phi) is 3.68. The van der Waals surface area contributed by atoms with Gasteiger partial charge in [0.2, 0.25) is 0 Å². The number of hydrogen-bond donors (Lipinski definition) is 1. The molecule has 0 radical (unpaired) electrons. The molecule has 0 bridgehead atoms. The van der Waals surface area contributed by atoms with Gasteiger partial charge in [-0.05, 0) is 43.4 Å². The van der Waals surface area contributed by atoms with Crippen LogP contribution in [0.4, 0.5) is 4.39 Å². The average molecular weight is 330 g/mol. The van der Waals surface area contributed by atoms with E-state index in [0.717, 1.165) is 36.3 Å². The summed E-state index contributed by atoms with van der Waals surface area (Å²) in [7, 11) is 0. The van der Waals surface area contributed by atoms with Gasteiger partial charge in [0.1, 0.15) is 10.7 Å². The molecule has 1 aromatic carbocycles. The number of hydrogen-bond acceptors (Lipinski definition) is 3. The highest BCUT2D eigenvalue weighted by Crippen LogP contribution is 2.42. The fourth-order valence-corrected chi connectivity index (χ4v) is 4.41. The smallest absolute Gasteiger partial charge is 0.263 e. The number of benzene rings is 1. The highest BCUT2D eigenvalue weighted by atomic mass is 32.1.